The minimum absolute atomic E-state index is 0.00986. The largest absolute Gasteiger partial charge is 0.497 e. The van der Waals surface area contributed by atoms with E-state index in [1.54, 1.807) is 43.5 Å². The number of hydrogen-bond acceptors (Lipinski definition) is 4. The summed E-state index contributed by atoms with van der Waals surface area (Å²) in [5, 5.41) is 0.650. The van der Waals surface area contributed by atoms with Crippen molar-refractivity contribution in [3.8, 4) is 5.75 Å². The van der Waals surface area contributed by atoms with E-state index >= 15 is 0 Å². The molecule has 0 unspecified atom stereocenters. The van der Waals surface area contributed by atoms with Gasteiger partial charge in [-0.2, -0.15) is 0 Å². The number of ether oxygens (including phenoxy) is 1. The monoisotopic (exact) mass is 233 g/mol. The number of anilines is 1. The molecule has 4 heteroatoms. The minimum Gasteiger partial charge on any atom is -0.497 e. The molecule has 2 N–H and O–H groups in total. The molecule has 0 aliphatic carbocycles. The number of nitrogens with two attached hydrogens (primary N) is 1. The van der Waals surface area contributed by atoms with Crippen LogP contribution in [0.4, 0.5) is 5.00 Å². The molecule has 0 bridgehead atoms. The molecule has 0 aliphatic heterocycles. The number of methoxy groups -OCH3 is 1. The van der Waals surface area contributed by atoms with E-state index in [2.05, 4.69) is 0 Å². The lowest BCUT2D eigenvalue weighted by Gasteiger charge is -2.01. The molecule has 0 radical (unpaired) electrons. The lowest BCUT2D eigenvalue weighted by atomic mass is 10.1. The number of carbonyl (C=O) groups is 1. The van der Waals surface area contributed by atoms with Gasteiger partial charge < -0.3 is 10.5 Å². The quantitative estimate of drug-likeness (QED) is 0.829. The predicted molar refractivity (Wildman–Crippen MR) is 65.2 cm³/mol. The van der Waals surface area contributed by atoms with Gasteiger partial charge in [-0.05, 0) is 36.4 Å². The fourth-order valence-electron chi connectivity index (χ4n) is 1.36. The van der Waals surface area contributed by atoms with Crippen LogP contribution in [0.2, 0.25) is 0 Å². The van der Waals surface area contributed by atoms with Crippen LogP contribution in [0.1, 0.15) is 15.2 Å². The van der Waals surface area contributed by atoms with Crippen molar-refractivity contribution >= 4 is 22.1 Å². The SMILES string of the molecule is COc1ccc(C(=O)c2ccc(N)s2)cc1. The van der Waals surface area contributed by atoms with Crippen molar-refractivity contribution in [3.05, 3.63) is 46.8 Å². The van der Waals surface area contributed by atoms with Crippen LogP contribution in [0.25, 0.3) is 0 Å². The molecule has 0 atom stereocenters. The Balaban J connectivity index is 2.27. The summed E-state index contributed by atoms with van der Waals surface area (Å²) in [7, 11) is 1.59. The second-order valence-corrected chi connectivity index (χ2v) is 4.37. The highest BCUT2D eigenvalue weighted by molar-refractivity contribution is 7.17. The summed E-state index contributed by atoms with van der Waals surface area (Å²) in [6, 6.07) is 10.5. The van der Waals surface area contributed by atoms with Crippen molar-refractivity contribution in [3.63, 3.8) is 0 Å². The highest BCUT2D eigenvalue weighted by atomic mass is 32.1. The third kappa shape index (κ3) is 2.06. The van der Waals surface area contributed by atoms with E-state index in [1.807, 2.05) is 0 Å². The maximum absolute atomic E-state index is 12.0. The van der Waals surface area contributed by atoms with E-state index < -0.39 is 0 Å². The van der Waals surface area contributed by atoms with Crippen LogP contribution in [-0.4, -0.2) is 12.9 Å². The Morgan fingerprint density at radius 1 is 1.19 bits per heavy atom. The lowest BCUT2D eigenvalue weighted by molar-refractivity contribution is 0.104. The van der Waals surface area contributed by atoms with Crippen LogP contribution in [0.15, 0.2) is 36.4 Å². The van der Waals surface area contributed by atoms with Crippen molar-refractivity contribution in [2.75, 3.05) is 12.8 Å². The van der Waals surface area contributed by atoms with Crippen LogP contribution in [0.3, 0.4) is 0 Å². The van der Waals surface area contributed by atoms with Gasteiger partial charge in [0.05, 0.1) is 17.0 Å². The van der Waals surface area contributed by atoms with Crippen molar-refractivity contribution < 1.29 is 9.53 Å². The molecule has 16 heavy (non-hydrogen) atoms. The van der Waals surface area contributed by atoms with Gasteiger partial charge in [-0.25, -0.2) is 0 Å². The molecule has 0 amide bonds. The zero-order valence-electron chi connectivity index (χ0n) is 8.77. The van der Waals surface area contributed by atoms with Crippen LogP contribution >= 0.6 is 11.3 Å². The zero-order valence-corrected chi connectivity index (χ0v) is 9.58. The third-order valence-electron chi connectivity index (χ3n) is 2.20. The Hall–Kier alpha value is -1.81. The number of ketones is 1. The summed E-state index contributed by atoms with van der Waals surface area (Å²) in [6.07, 6.45) is 0. The van der Waals surface area contributed by atoms with Gasteiger partial charge in [-0.1, -0.05) is 0 Å². The van der Waals surface area contributed by atoms with Crippen LogP contribution < -0.4 is 10.5 Å². The van der Waals surface area contributed by atoms with Gasteiger partial charge in [-0.3, -0.25) is 4.79 Å². The first-order valence-corrected chi connectivity index (χ1v) is 5.56. The molecule has 0 aliphatic rings. The number of carbonyl (C=O) groups excluding carboxylic acids is 1. The average Bonchev–Trinajstić information content (AvgIpc) is 2.75. The number of hydrogen-bond donors (Lipinski definition) is 1. The van der Waals surface area contributed by atoms with Crippen molar-refractivity contribution in [2.45, 2.75) is 0 Å². The van der Waals surface area contributed by atoms with E-state index in [1.165, 1.54) is 11.3 Å². The molecule has 2 rings (SSSR count). The normalized spacial score (nSPS) is 10.1. The molecule has 82 valence electrons. The Kier molecular flexibility index (Phi) is 2.92. The first-order chi connectivity index (χ1) is 7.70. The topological polar surface area (TPSA) is 52.3 Å². The molecule has 0 spiro atoms. The second-order valence-electron chi connectivity index (χ2n) is 3.26. The summed E-state index contributed by atoms with van der Waals surface area (Å²) in [4.78, 5) is 12.6. The number of rotatable bonds is 3. The molecule has 0 saturated heterocycles. The molecule has 1 heterocycles. The summed E-state index contributed by atoms with van der Waals surface area (Å²) in [5.74, 6) is 0.728. The minimum atomic E-state index is -0.00986. The van der Waals surface area contributed by atoms with E-state index in [-0.39, 0.29) is 5.78 Å². The molecule has 0 fully saturated rings. The number of nitrogen functional groups attached to an aromatic ring is 1. The smallest absolute Gasteiger partial charge is 0.203 e. The summed E-state index contributed by atoms with van der Waals surface area (Å²) >= 11 is 1.30. The van der Waals surface area contributed by atoms with Crippen LogP contribution in [0, 0.1) is 0 Å². The Bertz CT molecular complexity index is 502. The molecule has 0 saturated carbocycles. The molecule has 1 aromatic carbocycles. The first-order valence-electron chi connectivity index (χ1n) is 4.75. The predicted octanol–water partition coefficient (Wildman–Crippen LogP) is 2.57. The third-order valence-corrected chi connectivity index (χ3v) is 3.12. The molecular weight excluding hydrogens is 222 g/mol. The van der Waals surface area contributed by atoms with Gasteiger partial charge >= 0.3 is 0 Å². The van der Waals surface area contributed by atoms with E-state index in [9.17, 15) is 4.79 Å². The van der Waals surface area contributed by atoms with Crippen molar-refractivity contribution in [2.24, 2.45) is 0 Å². The summed E-state index contributed by atoms with van der Waals surface area (Å²) in [5.41, 5.74) is 6.23. The Morgan fingerprint density at radius 3 is 2.38 bits per heavy atom. The van der Waals surface area contributed by atoms with E-state index in [0.29, 0.717) is 15.4 Å². The Morgan fingerprint density at radius 2 is 1.88 bits per heavy atom. The lowest BCUT2D eigenvalue weighted by Crippen LogP contribution is -1.98. The van der Waals surface area contributed by atoms with Gasteiger partial charge in [0.15, 0.2) is 0 Å². The highest BCUT2D eigenvalue weighted by Gasteiger charge is 2.10. The average molecular weight is 233 g/mol. The van der Waals surface area contributed by atoms with Crippen LogP contribution in [0.5, 0.6) is 5.75 Å². The van der Waals surface area contributed by atoms with Gasteiger partial charge in [0.25, 0.3) is 0 Å². The van der Waals surface area contributed by atoms with Crippen molar-refractivity contribution in [1.82, 2.24) is 0 Å². The molecule has 2 aromatic rings. The van der Waals surface area contributed by atoms with Gasteiger partial charge in [0, 0.05) is 5.56 Å². The fraction of sp³-hybridized carbons (Fsp3) is 0.0833. The molecule has 1 aromatic heterocycles. The fourth-order valence-corrected chi connectivity index (χ4v) is 2.10. The highest BCUT2D eigenvalue weighted by Crippen LogP contribution is 2.22. The van der Waals surface area contributed by atoms with Crippen LogP contribution in [-0.2, 0) is 0 Å². The first kappa shape index (κ1) is 10.7. The van der Waals surface area contributed by atoms with Gasteiger partial charge in [0.2, 0.25) is 5.78 Å². The zero-order chi connectivity index (χ0) is 11.5. The maximum atomic E-state index is 12.0. The Labute approximate surface area is 97.5 Å². The maximum Gasteiger partial charge on any atom is 0.203 e. The van der Waals surface area contributed by atoms with E-state index in [4.69, 9.17) is 10.5 Å². The van der Waals surface area contributed by atoms with Gasteiger partial charge in [0.1, 0.15) is 5.75 Å². The van der Waals surface area contributed by atoms with Crippen molar-refractivity contribution in [1.29, 1.82) is 0 Å². The summed E-state index contributed by atoms with van der Waals surface area (Å²) in [6.45, 7) is 0. The van der Waals surface area contributed by atoms with E-state index in [0.717, 1.165) is 5.75 Å². The standard InChI is InChI=1S/C12H11NO2S/c1-15-9-4-2-8(3-5-9)12(14)10-6-7-11(13)16-10/h2-7H,13H2,1H3. The van der Waals surface area contributed by atoms with Gasteiger partial charge in [-0.15, -0.1) is 11.3 Å². The molecule has 3 nitrogen and oxygen atoms in total. The number of thiophene rings is 1. The molecular formula is C12H11NO2S. The summed E-state index contributed by atoms with van der Waals surface area (Å²) < 4.78 is 5.03. The second kappa shape index (κ2) is 4.37. The number of benzene rings is 1.